The number of carboxylic acid groups (broad SMARTS) is 1. The number of hydrogen-bond donors (Lipinski definition) is 3. The quantitative estimate of drug-likeness (QED) is 0.666. The minimum absolute atomic E-state index is 0.0689. The third kappa shape index (κ3) is 3.89. The lowest BCUT2D eigenvalue weighted by Gasteiger charge is -2.09. The molecule has 0 aliphatic carbocycles. The highest BCUT2D eigenvalue weighted by Crippen LogP contribution is 2.24. The number of carbonyl (C=O) groups is 2. The predicted molar refractivity (Wildman–Crippen MR) is 82.1 cm³/mol. The number of esters is 1. The van der Waals surface area contributed by atoms with Gasteiger partial charge in [0.1, 0.15) is 12.2 Å². The van der Waals surface area contributed by atoms with Gasteiger partial charge in [-0.3, -0.25) is 4.79 Å². The zero-order valence-electron chi connectivity index (χ0n) is 12.7. The smallest absolute Gasteiger partial charge is 0.341 e. The van der Waals surface area contributed by atoms with Crippen molar-refractivity contribution in [3.63, 3.8) is 0 Å². The highest BCUT2D eigenvalue weighted by atomic mass is 16.5. The molecule has 0 unspecified atom stereocenters. The second-order valence-electron chi connectivity index (χ2n) is 4.83. The van der Waals surface area contributed by atoms with Crippen LogP contribution >= 0.6 is 0 Å². The number of nitrogens with one attached hydrogen (secondary N) is 1. The van der Waals surface area contributed by atoms with Gasteiger partial charge in [0.05, 0.1) is 13.5 Å². The van der Waals surface area contributed by atoms with Gasteiger partial charge >= 0.3 is 11.9 Å². The van der Waals surface area contributed by atoms with Crippen molar-refractivity contribution in [2.75, 3.05) is 7.11 Å². The molecule has 4 N–H and O–H groups in total. The summed E-state index contributed by atoms with van der Waals surface area (Å²) in [5.41, 5.74) is 7.64. The second kappa shape index (κ2) is 7.46. The number of methoxy groups -OCH3 is 1. The van der Waals surface area contributed by atoms with Crippen LogP contribution in [0.25, 0.3) is 0 Å². The first kappa shape index (κ1) is 16.6. The topological polar surface area (TPSA) is 115 Å². The van der Waals surface area contributed by atoms with E-state index in [2.05, 4.69) is 9.72 Å². The van der Waals surface area contributed by atoms with Gasteiger partial charge in [0, 0.05) is 18.4 Å². The number of aromatic amines is 1. The molecule has 0 fully saturated rings. The lowest BCUT2D eigenvalue weighted by molar-refractivity contribution is -0.139. The standard InChI is InChI=1S/C16H18N2O5/c1-22-14(19)6-12-15(16(20)21)13(8-18-12)23-9-11-5-3-2-4-10(11)7-17/h2-5,8,18H,6-7,9,17H2,1H3,(H,20,21). The van der Waals surface area contributed by atoms with Gasteiger partial charge < -0.3 is 25.3 Å². The Labute approximate surface area is 133 Å². The molecular weight excluding hydrogens is 300 g/mol. The van der Waals surface area contributed by atoms with Gasteiger partial charge in [0.15, 0.2) is 5.75 Å². The van der Waals surface area contributed by atoms with Crippen LogP contribution in [-0.4, -0.2) is 29.1 Å². The molecule has 1 aromatic carbocycles. The maximum Gasteiger partial charge on any atom is 0.341 e. The van der Waals surface area contributed by atoms with Crippen molar-refractivity contribution in [2.45, 2.75) is 19.6 Å². The number of aromatic nitrogens is 1. The van der Waals surface area contributed by atoms with E-state index in [9.17, 15) is 14.7 Å². The molecule has 0 aliphatic heterocycles. The average molecular weight is 318 g/mol. The number of carboxylic acids is 1. The number of ether oxygens (including phenoxy) is 2. The van der Waals surface area contributed by atoms with Crippen molar-refractivity contribution < 1.29 is 24.2 Å². The third-order valence-corrected chi connectivity index (χ3v) is 3.41. The van der Waals surface area contributed by atoms with Crippen LogP contribution in [0.3, 0.4) is 0 Å². The minimum atomic E-state index is -1.17. The zero-order valence-corrected chi connectivity index (χ0v) is 12.7. The van der Waals surface area contributed by atoms with Crippen molar-refractivity contribution >= 4 is 11.9 Å². The zero-order chi connectivity index (χ0) is 16.8. The van der Waals surface area contributed by atoms with Gasteiger partial charge in [-0.1, -0.05) is 24.3 Å². The van der Waals surface area contributed by atoms with Crippen LogP contribution in [0.5, 0.6) is 5.75 Å². The molecule has 122 valence electrons. The Morgan fingerprint density at radius 2 is 1.96 bits per heavy atom. The van der Waals surface area contributed by atoms with Crippen LogP contribution < -0.4 is 10.5 Å². The van der Waals surface area contributed by atoms with E-state index in [-0.39, 0.29) is 30.0 Å². The summed E-state index contributed by atoms with van der Waals surface area (Å²) >= 11 is 0. The molecule has 7 heteroatoms. The molecule has 2 rings (SSSR count). The van der Waals surface area contributed by atoms with Gasteiger partial charge in [0.2, 0.25) is 0 Å². The summed E-state index contributed by atoms with van der Waals surface area (Å²) in [6.07, 6.45) is 1.26. The van der Waals surface area contributed by atoms with Crippen LogP contribution in [0.1, 0.15) is 27.2 Å². The van der Waals surface area contributed by atoms with E-state index in [1.807, 2.05) is 24.3 Å². The molecule has 0 bridgehead atoms. The summed E-state index contributed by atoms with van der Waals surface area (Å²) in [5, 5.41) is 9.35. The molecule has 2 aromatic rings. The number of aromatic carboxylic acids is 1. The van der Waals surface area contributed by atoms with Crippen molar-refractivity contribution in [1.29, 1.82) is 0 Å². The molecule has 0 saturated heterocycles. The molecule has 0 aliphatic rings. The highest BCUT2D eigenvalue weighted by Gasteiger charge is 2.21. The maximum absolute atomic E-state index is 11.4. The molecule has 0 radical (unpaired) electrons. The van der Waals surface area contributed by atoms with E-state index in [0.29, 0.717) is 6.54 Å². The fourth-order valence-electron chi connectivity index (χ4n) is 2.20. The highest BCUT2D eigenvalue weighted by molar-refractivity contribution is 5.93. The molecule has 1 aromatic heterocycles. The largest absolute Gasteiger partial charge is 0.486 e. The van der Waals surface area contributed by atoms with Gasteiger partial charge in [-0.2, -0.15) is 0 Å². The Bertz CT molecular complexity index is 708. The lowest BCUT2D eigenvalue weighted by Crippen LogP contribution is -2.10. The van der Waals surface area contributed by atoms with Crippen molar-refractivity contribution in [3.05, 3.63) is 52.8 Å². The van der Waals surface area contributed by atoms with Crippen molar-refractivity contribution in [2.24, 2.45) is 5.73 Å². The fourth-order valence-corrected chi connectivity index (χ4v) is 2.20. The molecule has 0 amide bonds. The van der Waals surface area contributed by atoms with Crippen LogP contribution in [0, 0.1) is 0 Å². The average Bonchev–Trinajstić information content (AvgIpc) is 2.95. The molecule has 0 spiro atoms. The van der Waals surface area contributed by atoms with E-state index >= 15 is 0 Å². The molecule has 0 saturated carbocycles. The summed E-state index contributed by atoms with van der Waals surface area (Å²) in [7, 11) is 1.24. The normalized spacial score (nSPS) is 10.3. The van der Waals surface area contributed by atoms with Crippen LogP contribution in [-0.2, 0) is 29.1 Å². The maximum atomic E-state index is 11.4. The number of rotatable bonds is 7. The Morgan fingerprint density at radius 3 is 2.57 bits per heavy atom. The SMILES string of the molecule is COC(=O)Cc1[nH]cc(OCc2ccccc2CN)c1C(=O)O. The van der Waals surface area contributed by atoms with E-state index < -0.39 is 11.9 Å². The number of H-pyrrole nitrogens is 1. The summed E-state index contributed by atoms with van der Waals surface area (Å²) in [4.78, 5) is 25.5. The van der Waals surface area contributed by atoms with Crippen LogP contribution in [0.4, 0.5) is 0 Å². The monoisotopic (exact) mass is 318 g/mol. The fraction of sp³-hybridized carbons (Fsp3) is 0.250. The van der Waals surface area contributed by atoms with Gasteiger partial charge in [-0.25, -0.2) is 4.79 Å². The van der Waals surface area contributed by atoms with Crippen LogP contribution in [0.2, 0.25) is 0 Å². The molecule has 7 nitrogen and oxygen atoms in total. The first-order valence-electron chi connectivity index (χ1n) is 6.96. The summed E-state index contributed by atoms with van der Waals surface area (Å²) < 4.78 is 10.2. The number of nitrogens with two attached hydrogens (primary N) is 1. The molecular formula is C16H18N2O5. The number of hydrogen-bond acceptors (Lipinski definition) is 5. The first-order valence-corrected chi connectivity index (χ1v) is 6.96. The Morgan fingerprint density at radius 1 is 1.26 bits per heavy atom. The number of benzene rings is 1. The Balaban J connectivity index is 2.20. The first-order chi connectivity index (χ1) is 11.1. The minimum Gasteiger partial charge on any atom is -0.486 e. The van der Waals surface area contributed by atoms with E-state index in [1.54, 1.807) is 0 Å². The van der Waals surface area contributed by atoms with Crippen molar-refractivity contribution in [3.8, 4) is 5.75 Å². The van der Waals surface area contributed by atoms with Gasteiger partial charge in [-0.05, 0) is 11.1 Å². The van der Waals surface area contributed by atoms with Crippen LogP contribution in [0.15, 0.2) is 30.5 Å². The van der Waals surface area contributed by atoms with Gasteiger partial charge in [0.25, 0.3) is 0 Å². The summed E-state index contributed by atoms with van der Waals surface area (Å²) in [6, 6.07) is 7.48. The lowest BCUT2D eigenvalue weighted by atomic mass is 10.1. The second-order valence-corrected chi connectivity index (χ2v) is 4.83. The molecule has 23 heavy (non-hydrogen) atoms. The predicted octanol–water partition coefficient (Wildman–Crippen LogP) is 1.47. The summed E-state index contributed by atoms with van der Waals surface area (Å²) in [6.45, 7) is 0.551. The van der Waals surface area contributed by atoms with E-state index in [0.717, 1.165) is 11.1 Å². The summed E-state index contributed by atoms with van der Waals surface area (Å²) in [5.74, 6) is -1.54. The Hall–Kier alpha value is -2.80. The van der Waals surface area contributed by atoms with Gasteiger partial charge in [-0.15, -0.1) is 0 Å². The third-order valence-electron chi connectivity index (χ3n) is 3.41. The Kier molecular flexibility index (Phi) is 5.37. The van der Waals surface area contributed by atoms with E-state index in [4.69, 9.17) is 10.5 Å². The van der Waals surface area contributed by atoms with E-state index in [1.165, 1.54) is 13.3 Å². The molecule has 1 heterocycles. The molecule has 0 atom stereocenters. The van der Waals surface area contributed by atoms with Crippen molar-refractivity contribution in [1.82, 2.24) is 4.98 Å². The number of carbonyl (C=O) groups excluding carboxylic acids is 1.